The van der Waals surface area contributed by atoms with Gasteiger partial charge in [0.15, 0.2) is 0 Å². The van der Waals surface area contributed by atoms with Crippen molar-refractivity contribution < 1.29 is 9.72 Å². The van der Waals surface area contributed by atoms with Crippen LogP contribution in [0.1, 0.15) is 12.5 Å². The van der Waals surface area contributed by atoms with Gasteiger partial charge in [0.05, 0.1) is 15.5 Å². The fourth-order valence-electron chi connectivity index (χ4n) is 1.14. The molecule has 1 aromatic carbocycles. The van der Waals surface area contributed by atoms with Crippen molar-refractivity contribution in [3.8, 4) is 0 Å². The highest BCUT2D eigenvalue weighted by atomic mass is 35.5. The zero-order valence-corrected chi connectivity index (χ0v) is 8.25. The van der Waals surface area contributed by atoms with Crippen LogP contribution in [-0.4, -0.2) is 10.7 Å². The number of halogens is 1. The summed E-state index contributed by atoms with van der Waals surface area (Å²) in [7, 11) is 0. The van der Waals surface area contributed by atoms with Crippen LogP contribution in [0.4, 0.5) is 5.69 Å². The number of hydrogen-bond acceptors (Lipinski definition) is 3. The minimum absolute atomic E-state index is 0.00398. The zero-order chi connectivity index (χ0) is 10.7. The first kappa shape index (κ1) is 10.7. The van der Waals surface area contributed by atoms with Crippen LogP contribution in [0.3, 0.4) is 0 Å². The summed E-state index contributed by atoms with van der Waals surface area (Å²) in [5.41, 5.74) is 0.180. The minimum Gasteiger partial charge on any atom is -0.300 e. The van der Waals surface area contributed by atoms with Crippen LogP contribution in [0.25, 0.3) is 0 Å². The summed E-state index contributed by atoms with van der Waals surface area (Å²) in [4.78, 5) is 20.9. The van der Waals surface area contributed by atoms with E-state index < -0.39 is 4.92 Å². The fourth-order valence-corrected chi connectivity index (χ4v) is 1.38. The molecule has 0 heterocycles. The Balaban J connectivity index is 3.22. The molecule has 0 amide bonds. The molecule has 4 nitrogen and oxygen atoms in total. The fraction of sp³-hybridized carbons (Fsp3) is 0.222. The van der Waals surface area contributed by atoms with Gasteiger partial charge in [0.1, 0.15) is 5.78 Å². The monoisotopic (exact) mass is 213 g/mol. The van der Waals surface area contributed by atoms with E-state index >= 15 is 0 Å². The van der Waals surface area contributed by atoms with Gasteiger partial charge in [-0.25, -0.2) is 0 Å². The standard InChI is InChI=1S/C9H8ClNO3/c1-6(12)5-7-8(10)3-2-4-9(7)11(13)14/h2-4H,5H2,1H3. The van der Waals surface area contributed by atoms with Gasteiger partial charge in [0.2, 0.25) is 0 Å². The zero-order valence-electron chi connectivity index (χ0n) is 7.49. The Kier molecular flexibility index (Phi) is 3.19. The number of benzene rings is 1. The molecule has 0 N–H and O–H groups in total. The predicted octanol–water partition coefficient (Wildman–Crippen LogP) is 2.38. The van der Waals surface area contributed by atoms with Crippen LogP contribution < -0.4 is 0 Å². The smallest absolute Gasteiger partial charge is 0.274 e. The number of nitro groups is 1. The summed E-state index contributed by atoms with van der Waals surface area (Å²) in [5.74, 6) is -0.152. The molecule has 5 heteroatoms. The van der Waals surface area contributed by atoms with Crippen molar-refractivity contribution in [3.05, 3.63) is 38.9 Å². The van der Waals surface area contributed by atoms with Crippen molar-refractivity contribution >= 4 is 23.1 Å². The lowest BCUT2D eigenvalue weighted by molar-refractivity contribution is -0.385. The normalized spacial score (nSPS) is 9.86. The van der Waals surface area contributed by atoms with Crippen molar-refractivity contribution in [1.82, 2.24) is 0 Å². The summed E-state index contributed by atoms with van der Waals surface area (Å²) in [6.07, 6.45) is -0.00398. The number of ketones is 1. The molecule has 1 rings (SSSR count). The summed E-state index contributed by atoms with van der Waals surface area (Å²) >= 11 is 5.76. The molecule has 0 atom stereocenters. The number of nitro benzene ring substituents is 1. The van der Waals surface area contributed by atoms with E-state index in [0.29, 0.717) is 0 Å². The third-order valence-corrected chi connectivity index (χ3v) is 2.07. The number of carbonyl (C=O) groups excluding carboxylic acids is 1. The Bertz CT molecular complexity index is 390. The second-order valence-corrected chi connectivity index (χ2v) is 3.28. The van der Waals surface area contributed by atoms with Crippen LogP contribution in [0.15, 0.2) is 18.2 Å². The van der Waals surface area contributed by atoms with Gasteiger partial charge in [0.25, 0.3) is 5.69 Å². The van der Waals surface area contributed by atoms with Gasteiger partial charge in [-0.3, -0.25) is 14.9 Å². The summed E-state index contributed by atoms with van der Waals surface area (Å²) in [5, 5.41) is 10.8. The Hall–Kier alpha value is -1.42. The number of carbonyl (C=O) groups is 1. The summed E-state index contributed by atoms with van der Waals surface area (Å²) in [6.45, 7) is 1.37. The van der Waals surface area contributed by atoms with E-state index in [2.05, 4.69) is 0 Å². The Labute approximate surface area is 85.6 Å². The lowest BCUT2D eigenvalue weighted by atomic mass is 10.1. The van der Waals surface area contributed by atoms with Crippen molar-refractivity contribution in [3.63, 3.8) is 0 Å². The van der Waals surface area contributed by atoms with Gasteiger partial charge in [-0.15, -0.1) is 0 Å². The van der Waals surface area contributed by atoms with Crippen LogP contribution in [0.5, 0.6) is 0 Å². The molecule has 0 unspecified atom stereocenters. The quantitative estimate of drug-likeness (QED) is 0.572. The van der Waals surface area contributed by atoms with E-state index in [1.54, 1.807) is 0 Å². The molecule has 0 saturated carbocycles. The molecule has 0 aliphatic rings. The van der Waals surface area contributed by atoms with Gasteiger partial charge in [-0.2, -0.15) is 0 Å². The van der Waals surface area contributed by atoms with E-state index in [-0.39, 0.29) is 28.5 Å². The van der Waals surface area contributed by atoms with Gasteiger partial charge in [-0.1, -0.05) is 17.7 Å². The van der Waals surface area contributed by atoms with Crippen molar-refractivity contribution in [2.45, 2.75) is 13.3 Å². The molecular weight excluding hydrogens is 206 g/mol. The van der Waals surface area contributed by atoms with Crippen LogP contribution in [0.2, 0.25) is 5.02 Å². The first-order chi connectivity index (χ1) is 6.52. The SMILES string of the molecule is CC(=O)Cc1c(Cl)cccc1[N+](=O)[O-]. The Morgan fingerprint density at radius 3 is 2.71 bits per heavy atom. The molecule has 0 aromatic heterocycles. The van der Waals surface area contributed by atoms with E-state index in [1.807, 2.05) is 0 Å². The highest BCUT2D eigenvalue weighted by molar-refractivity contribution is 6.31. The highest BCUT2D eigenvalue weighted by Gasteiger charge is 2.17. The second-order valence-electron chi connectivity index (χ2n) is 2.87. The van der Waals surface area contributed by atoms with Crippen molar-refractivity contribution in [1.29, 1.82) is 0 Å². The molecule has 0 radical (unpaired) electrons. The van der Waals surface area contributed by atoms with Crippen molar-refractivity contribution in [2.75, 3.05) is 0 Å². The van der Waals surface area contributed by atoms with Gasteiger partial charge in [0, 0.05) is 12.5 Å². The second kappa shape index (κ2) is 4.19. The first-order valence-corrected chi connectivity index (χ1v) is 4.31. The van der Waals surface area contributed by atoms with Gasteiger partial charge >= 0.3 is 0 Å². The predicted molar refractivity (Wildman–Crippen MR) is 52.5 cm³/mol. The highest BCUT2D eigenvalue weighted by Crippen LogP contribution is 2.26. The number of hydrogen-bond donors (Lipinski definition) is 0. The summed E-state index contributed by atoms with van der Waals surface area (Å²) in [6, 6.07) is 4.36. The third kappa shape index (κ3) is 2.29. The van der Waals surface area contributed by atoms with Crippen molar-refractivity contribution in [2.24, 2.45) is 0 Å². The molecule has 74 valence electrons. The lowest BCUT2D eigenvalue weighted by Crippen LogP contribution is -2.02. The van der Waals surface area contributed by atoms with Gasteiger partial charge < -0.3 is 0 Å². The van der Waals surface area contributed by atoms with E-state index in [0.717, 1.165) is 0 Å². The van der Waals surface area contributed by atoms with Crippen LogP contribution >= 0.6 is 11.6 Å². The average molecular weight is 214 g/mol. The molecule has 0 saturated heterocycles. The minimum atomic E-state index is -0.538. The average Bonchev–Trinajstić information content (AvgIpc) is 2.07. The molecule has 0 aliphatic heterocycles. The van der Waals surface area contributed by atoms with E-state index in [9.17, 15) is 14.9 Å². The molecule has 0 spiro atoms. The molecule has 0 bridgehead atoms. The summed E-state index contributed by atoms with van der Waals surface area (Å²) < 4.78 is 0. The molecule has 1 aromatic rings. The largest absolute Gasteiger partial charge is 0.300 e. The Morgan fingerprint density at radius 2 is 2.21 bits per heavy atom. The molecular formula is C9H8ClNO3. The van der Waals surface area contributed by atoms with E-state index in [1.165, 1.54) is 25.1 Å². The third-order valence-electron chi connectivity index (χ3n) is 1.72. The number of nitrogens with zero attached hydrogens (tertiary/aromatic N) is 1. The van der Waals surface area contributed by atoms with Crippen LogP contribution in [-0.2, 0) is 11.2 Å². The molecule has 14 heavy (non-hydrogen) atoms. The van der Waals surface area contributed by atoms with E-state index in [4.69, 9.17) is 11.6 Å². The van der Waals surface area contributed by atoms with Crippen LogP contribution in [0, 0.1) is 10.1 Å². The lowest BCUT2D eigenvalue weighted by Gasteiger charge is -2.02. The maximum Gasteiger partial charge on any atom is 0.274 e. The topological polar surface area (TPSA) is 60.2 Å². The number of Topliss-reactive ketones (excluding diaryl/α,β-unsaturated/α-hetero) is 1. The number of rotatable bonds is 3. The first-order valence-electron chi connectivity index (χ1n) is 3.93. The molecule has 0 aliphatic carbocycles. The maximum absolute atomic E-state index is 10.9. The van der Waals surface area contributed by atoms with Gasteiger partial charge in [-0.05, 0) is 13.0 Å². The maximum atomic E-state index is 10.9. The Morgan fingerprint density at radius 1 is 1.57 bits per heavy atom. The molecule has 0 fully saturated rings.